The molecule has 1 N–H and O–H groups in total. The van der Waals surface area contributed by atoms with Crippen molar-refractivity contribution in [1.29, 1.82) is 0 Å². The maximum Gasteiger partial charge on any atom is 0.356 e. The second kappa shape index (κ2) is 10.9. The first kappa shape index (κ1) is 26.4. The fourth-order valence-corrected chi connectivity index (χ4v) is 5.05. The lowest BCUT2D eigenvalue weighted by molar-refractivity contribution is -0.384. The number of aromatic nitrogens is 2. The number of nitro groups is 1. The highest BCUT2D eigenvalue weighted by atomic mass is 32.1. The Morgan fingerprint density at radius 2 is 1.75 bits per heavy atom. The van der Waals surface area contributed by atoms with Crippen LogP contribution in [0, 0.1) is 17.0 Å². The molecule has 0 atom stereocenters. The van der Waals surface area contributed by atoms with Gasteiger partial charge in [-0.2, -0.15) is 0 Å². The van der Waals surface area contributed by atoms with Gasteiger partial charge in [0, 0.05) is 41.1 Å². The minimum absolute atomic E-state index is 0.0301. The summed E-state index contributed by atoms with van der Waals surface area (Å²) in [7, 11) is 1.49. The van der Waals surface area contributed by atoms with E-state index in [-0.39, 0.29) is 22.1 Å². The zero-order valence-corrected chi connectivity index (χ0v) is 22.2. The first-order valence-corrected chi connectivity index (χ1v) is 13.0. The fourth-order valence-electron chi connectivity index (χ4n) is 4.31. The van der Waals surface area contributed by atoms with E-state index in [1.807, 2.05) is 31.2 Å². The number of nitrogens with one attached hydrogen (secondary N) is 1. The van der Waals surface area contributed by atoms with Gasteiger partial charge in [-0.15, -0.1) is 11.3 Å². The molecule has 0 unspecified atom stereocenters. The maximum absolute atomic E-state index is 13.3. The molecule has 0 saturated heterocycles. The van der Waals surface area contributed by atoms with Crippen molar-refractivity contribution in [3.05, 3.63) is 110 Å². The molecule has 11 heteroatoms. The van der Waals surface area contributed by atoms with Crippen molar-refractivity contribution in [3.8, 4) is 22.4 Å². The van der Waals surface area contributed by atoms with Crippen molar-refractivity contribution < 1.29 is 19.2 Å². The van der Waals surface area contributed by atoms with Crippen molar-refractivity contribution in [2.45, 2.75) is 6.92 Å². The molecule has 0 bridgehead atoms. The lowest BCUT2D eigenvalue weighted by atomic mass is 9.96. The number of amides is 1. The van der Waals surface area contributed by atoms with Crippen LogP contribution in [0.1, 0.15) is 16.1 Å². The van der Waals surface area contributed by atoms with E-state index in [0.717, 1.165) is 22.5 Å². The third kappa shape index (κ3) is 5.22. The number of carbonyl (C=O) groups is 2. The number of carbonyl (C=O) groups excluding carboxylic acids is 2. The molecular weight excluding hydrogens is 532 g/mol. The number of ether oxygens (including phenoxy) is 1. The summed E-state index contributed by atoms with van der Waals surface area (Å²) in [6.45, 7) is 1.34. The Balaban J connectivity index is 1.37. The molecule has 0 aliphatic rings. The summed E-state index contributed by atoms with van der Waals surface area (Å²) in [4.78, 5) is 53.9. The fraction of sp³-hybridized carbons (Fsp3) is 0.103. The van der Waals surface area contributed by atoms with E-state index in [0.29, 0.717) is 27.6 Å². The lowest BCUT2D eigenvalue weighted by Crippen LogP contribution is -2.28. The number of rotatable bonds is 7. The number of nitro benzene ring substituents is 1. The number of benzene rings is 3. The lowest BCUT2D eigenvalue weighted by Gasteiger charge is -2.17. The zero-order valence-electron chi connectivity index (χ0n) is 21.4. The number of aryl methyl sites for hydroxylation is 1. The van der Waals surface area contributed by atoms with Gasteiger partial charge < -0.3 is 9.30 Å². The molecular formula is C29H22N4O6S. The summed E-state index contributed by atoms with van der Waals surface area (Å²) in [5.74, 6) is -1.46. The molecule has 5 rings (SSSR count). The van der Waals surface area contributed by atoms with Crippen LogP contribution in [0.5, 0.6) is 0 Å². The topological polar surface area (TPSA) is 133 Å². The number of non-ortho nitro benzene ring substituents is 1. The van der Waals surface area contributed by atoms with E-state index in [2.05, 4.69) is 10.3 Å². The number of hydrogen-bond donors (Lipinski definition) is 1. The van der Waals surface area contributed by atoms with Gasteiger partial charge in [-0.3, -0.25) is 25.0 Å². The van der Waals surface area contributed by atoms with Crippen LogP contribution in [0.3, 0.4) is 0 Å². The number of esters is 1. The van der Waals surface area contributed by atoms with E-state index < -0.39 is 23.4 Å². The molecule has 200 valence electrons. The highest BCUT2D eigenvalue weighted by Crippen LogP contribution is 2.31. The van der Waals surface area contributed by atoms with E-state index in [1.54, 1.807) is 41.8 Å². The number of anilines is 1. The van der Waals surface area contributed by atoms with E-state index in [4.69, 9.17) is 4.74 Å². The predicted molar refractivity (Wildman–Crippen MR) is 152 cm³/mol. The molecule has 1 amide bonds. The molecule has 2 heterocycles. The van der Waals surface area contributed by atoms with E-state index >= 15 is 0 Å². The maximum atomic E-state index is 13.3. The van der Waals surface area contributed by atoms with Gasteiger partial charge in [0.1, 0.15) is 5.69 Å². The molecule has 0 aliphatic carbocycles. The Labute approximate surface area is 231 Å². The van der Waals surface area contributed by atoms with Crippen LogP contribution in [-0.4, -0.2) is 33.0 Å². The Kier molecular flexibility index (Phi) is 7.21. The van der Waals surface area contributed by atoms with Gasteiger partial charge in [-0.05, 0) is 23.9 Å². The highest BCUT2D eigenvalue weighted by molar-refractivity contribution is 7.14. The molecule has 0 aliphatic heterocycles. The first-order chi connectivity index (χ1) is 19.2. The molecule has 40 heavy (non-hydrogen) atoms. The van der Waals surface area contributed by atoms with Gasteiger partial charge in [0.05, 0.1) is 10.6 Å². The van der Waals surface area contributed by atoms with Crippen LogP contribution >= 0.6 is 11.3 Å². The average molecular weight is 555 g/mol. The van der Waals surface area contributed by atoms with Crippen LogP contribution in [0.2, 0.25) is 0 Å². The van der Waals surface area contributed by atoms with Crippen molar-refractivity contribution >= 4 is 44.8 Å². The summed E-state index contributed by atoms with van der Waals surface area (Å²) >= 11 is 1.13. The minimum Gasteiger partial charge on any atom is -0.451 e. The van der Waals surface area contributed by atoms with Crippen LogP contribution in [0.4, 0.5) is 10.8 Å². The van der Waals surface area contributed by atoms with Gasteiger partial charge in [-0.1, -0.05) is 60.2 Å². The number of hydrogen-bond acceptors (Lipinski definition) is 8. The Morgan fingerprint density at radius 1 is 1.02 bits per heavy atom. The molecule has 10 nitrogen and oxygen atoms in total. The van der Waals surface area contributed by atoms with Crippen molar-refractivity contribution in [3.63, 3.8) is 0 Å². The SMILES string of the molecule is Cc1ccc(-c2c(C(=O)OCC(=O)Nc3nc(-c4cccc([N+](=O)[O-])c4)cs3)n(C)c(=O)c3ccccc23)cc1. The van der Waals surface area contributed by atoms with E-state index in [9.17, 15) is 24.5 Å². The van der Waals surface area contributed by atoms with Crippen LogP contribution < -0.4 is 10.9 Å². The third-order valence-corrected chi connectivity index (χ3v) is 7.03. The quantitative estimate of drug-likeness (QED) is 0.163. The van der Waals surface area contributed by atoms with Gasteiger partial charge >= 0.3 is 5.97 Å². The van der Waals surface area contributed by atoms with E-state index in [1.165, 1.54) is 23.7 Å². The molecule has 0 fully saturated rings. The van der Waals surface area contributed by atoms with Crippen LogP contribution in [0.15, 0.2) is 83.0 Å². The van der Waals surface area contributed by atoms with Gasteiger partial charge in [0.2, 0.25) is 0 Å². The Morgan fingerprint density at radius 3 is 2.48 bits per heavy atom. The molecule has 0 spiro atoms. The molecule has 3 aromatic carbocycles. The molecule has 0 saturated carbocycles. The zero-order chi connectivity index (χ0) is 28.4. The van der Waals surface area contributed by atoms with Crippen molar-refractivity contribution in [2.24, 2.45) is 7.05 Å². The molecule has 0 radical (unpaired) electrons. The second-order valence-electron chi connectivity index (χ2n) is 8.97. The Bertz CT molecular complexity index is 1840. The predicted octanol–water partition coefficient (Wildman–Crippen LogP) is 5.34. The van der Waals surface area contributed by atoms with Crippen LogP contribution in [-0.2, 0) is 16.6 Å². The summed E-state index contributed by atoms with van der Waals surface area (Å²) in [5.41, 5.74) is 2.87. The monoisotopic (exact) mass is 554 g/mol. The summed E-state index contributed by atoms with van der Waals surface area (Å²) in [5, 5.41) is 16.6. The second-order valence-corrected chi connectivity index (χ2v) is 9.83. The van der Waals surface area contributed by atoms with Crippen molar-refractivity contribution in [2.75, 3.05) is 11.9 Å². The van der Waals surface area contributed by atoms with Crippen molar-refractivity contribution in [1.82, 2.24) is 9.55 Å². The van der Waals surface area contributed by atoms with Gasteiger partial charge in [-0.25, -0.2) is 9.78 Å². The largest absolute Gasteiger partial charge is 0.451 e. The molecule has 2 aromatic heterocycles. The standard InChI is InChI=1S/C29H22N4O6S/c1-17-10-12-18(13-11-17)25-21-8-3-4-9-22(21)27(35)32(2)26(25)28(36)39-15-24(34)31-29-30-23(16-40-29)19-6-5-7-20(14-19)33(37)38/h3-14,16H,15H2,1-2H3,(H,30,31,34). The normalized spacial score (nSPS) is 10.8. The number of pyridine rings is 1. The van der Waals surface area contributed by atoms with Crippen LogP contribution in [0.25, 0.3) is 33.2 Å². The smallest absolute Gasteiger partial charge is 0.356 e. The van der Waals surface area contributed by atoms with Gasteiger partial charge in [0.15, 0.2) is 11.7 Å². The summed E-state index contributed by atoms with van der Waals surface area (Å²) in [6.07, 6.45) is 0. The number of thiazole rings is 1. The van der Waals surface area contributed by atoms with Gasteiger partial charge in [0.25, 0.3) is 17.2 Å². The minimum atomic E-state index is -0.826. The Hall–Kier alpha value is -5.16. The average Bonchev–Trinajstić information content (AvgIpc) is 3.42. The summed E-state index contributed by atoms with van der Waals surface area (Å²) < 4.78 is 6.60. The number of fused-ring (bicyclic) bond motifs is 1. The summed E-state index contributed by atoms with van der Waals surface area (Å²) in [6, 6.07) is 20.6. The number of nitrogens with zero attached hydrogens (tertiary/aromatic N) is 3. The first-order valence-electron chi connectivity index (χ1n) is 12.1. The molecule has 5 aromatic rings. The third-order valence-electron chi connectivity index (χ3n) is 6.27. The highest BCUT2D eigenvalue weighted by Gasteiger charge is 2.24.